The lowest BCUT2D eigenvalue weighted by atomic mass is 10.0. The van der Waals surface area contributed by atoms with Crippen LogP contribution in [0.1, 0.15) is 31.2 Å². The number of anilines is 1. The lowest BCUT2D eigenvalue weighted by molar-refractivity contribution is 0.432. The van der Waals surface area contributed by atoms with E-state index in [9.17, 15) is 8.42 Å². The van der Waals surface area contributed by atoms with E-state index in [4.69, 9.17) is 5.73 Å². The molecule has 0 aliphatic heterocycles. The van der Waals surface area contributed by atoms with Crippen LogP contribution in [0.2, 0.25) is 0 Å². The third kappa shape index (κ3) is 2.49. The fraction of sp³-hybridized carbons (Fsp3) is 0.571. The molecule has 104 valence electrons. The predicted molar refractivity (Wildman–Crippen MR) is 75.2 cm³/mol. The van der Waals surface area contributed by atoms with E-state index in [1.165, 1.54) is 18.9 Å². The molecule has 0 aromatic heterocycles. The molecule has 2 saturated carbocycles. The maximum Gasteiger partial charge on any atom is 0.240 e. The molecule has 19 heavy (non-hydrogen) atoms. The number of aryl methyl sites for hydroxylation is 1. The Hall–Kier alpha value is -1.07. The van der Waals surface area contributed by atoms with E-state index in [1.807, 2.05) is 0 Å². The highest BCUT2D eigenvalue weighted by Gasteiger charge is 2.53. The number of sulfonamides is 1. The Balaban J connectivity index is 1.77. The first-order valence-corrected chi connectivity index (χ1v) is 8.27. The maximum atomic E-state index is 12.4. The highest BCUT2D eigenvalue weighted by Crippen LogP contribution is 2.60. The first-order valence-electron chi connectivity index (χ1n) is 6.79. The van der Waals surface area contributed by atoms with E-state index in [0.29, 0.717) is 17.1 Å². The van der Waals surface area contributed by atoms with E-state index >= 15 is 0 Å². The molecule has 2 fully saturated rings. The van der Waals surface area contributed by atoms with Crippen LogP contribution in [0.3, 0.4) is 0 Å². The number of nitrogens with one attached hydrogen (secondary N) is 1. The van der Waals surface area contributed by atoms with Gasteiger partial charge in [0.1, 0.15) is 0 Å². The Kier molecular flexibility index (Phi) is 2.87. The van der Waals surface area contributed by atoms with E-state index in [-0.39, 0.29) is 5.41 Å². The monoisotopic (exact) mass is 280 g/mol. The summed E-state index contributed by atoms with van der Waals surface area (Å²) in [5.41, 5.74) is 7.16. The Labute approximate surface area is 114 Å². The molecular weight excluding hydrogens is 260 g/mol. The van der Waals surface area contributed by atoms with Gasteiger partial charge >= 0.3 is 0 Å². The van der Waals surface area contributed by atoms with Gasteiger partial charge in [-0.15, -0.1) is 0 Å². The van der Waals surface area contributed by atoms with Crippen molar-refractivity contribution in [2.75, 3.05) is 12.3 Å². The van der Waals surface area contributed by atoms with E-state index in [0.717, 1.165) is 24.3 Å². The summed E-state index contributed by atoms with van der Waals surface area (Å²) in [6.45, 7) is 2.37. The second-order valence-corrected chi connectivity index (χ2v) is 7.72. The van der Waals surface area contributed by atoms with Crippen LogP contribution in [0.5, 0.6) is 0 Å². The summed E-state index contributed by atoms with van der Waals surface area (Å²) in [6.07, 6.45) is 4.85. The molecule has 0 bridgehead atoms. The summed E-state index contributed by atoms with van der Waals surface area (Å²) in [5.74, 6) is 0.747. The minimum atomic E-state index is -3.44. The van der Waals surface area contributed by atoms with Gasteiger partial charge in [0.05, 0.1) is 4.90 Å². The van der Waals surface area contributed by atoms with E-state index < -0.39 is 10.0 Å². The minimum absolute atomic E-state index is 0.265. The zero-order chi connectivity index (χ0) is 13.7. The van der Waals surface area contributed by atoms with Gasteiger partial charge in [-0.25, -0.2) is 13.1 Å². The molecule has 3 rings (SSSR count). The van der Waals surface area contributed by atoms with Crippen molar-refractivity contribution in [3.05, 3.63) is 23.8 Å². The topological polar surface area (TPSA) is 72.2 Å². The third-order valence-electron chi connectivity index (χ3n) is 4.45. The molecule has 3 N–H and O–H groups in total. The van der Waals surface area contributed by atoms with Crippen LogP contribution in [0.15, 0.2) is 23.1 Å². The molecule has 4 nitrogen and oxygen atoms in total. The molecule has 1 aromatic rings. The second-order valence-electron chi connectivity index (χ2n) is 5.99. The van der Waals surface area contributed by atoms with Gasteiger partial charge in [-0.2, -0.15) is 0 Å². The Bertz CT molecular complexity index is 602. The van der Waals surface area contributed by atoms with Crippen molar-refractivity contribution in [1.82, 2.24) is 4.72 Å². The summed E-state index contributed by atoms with van der Waals surface area (Å²) >= 11 is 0. The van der Waals surface area contributed by atoms with Crippen molar-refractivity contribution in [3.63, 3.8) is 0 Å². The molecule has 0 saturated heterocycles. The summed E-state index contributed by atoms with van der Waals surface area (Å²) in [7, 11) is -3.44. The standard InChI is InChI=1S/C14H20N2O2S/c1-10-2-5-12(15)8-13(10)19(17,18)16-9-14(6-7-14)11-3-4-11/h2,5,8,11,16H,3-4,6-7,9,15H2,1H3. The number of hydrogen-bond acceptors (Lipinski definition) is 3. The number of rotatable bonds is 5. The zero-order valence-electron chi connectivity index (χ0n) is 11.1. The molecule has 0 radical (unpaired) electrons. The van der Waals surface area contributed by atoms with Gasteiger partial charge in [0.2, 0.25) is 10.0 Å². The lowest BCUT2D eigenvalue weighted by Crippen LogP contribution is -2.31. The van der Waals surface area contributed by atoms with Gasteiger partial charge in [0.15, 0.2) is 0 Å². The summed E-state index contributed by atoms with van der Waals surface area (Å²) < 4.78 is 27.5. The van der Waals surface area contributed by atoms with Crippen molar-refractivity contribution >= 4 is 15.7 Å². The molecule has 0 unspecified atom stereocenters. The number of hydrogen-bond donors (Lipinski definition) is 2. The van der Waals surface area contributed by atoms with Crippen molar-refractivity contribution in [3.8, 4) is 0 Å². The average molecular weight is 280 g/mol. The third-order valence-corrected chi connectivity index (χ3v) is 5.99. The van der Waals surface area contributed by atoms with Crippen molar-refractivity contribution < 1.29 is 8.42 Å². The van der Waals surface area contributed by atoms with Gasteiger partial charge < -0.3 is 5.73 Å². The van der Waals surface area contributed by atoms with Gasteiger partial charge in [-0.1, -0.05) is 6.07 Å². The molecule has 0 heterocycles. The molecule has 0 spiro atoms. The first kappa shape index (κ1) is 12.9. The SMILES string of the molecule is Cc1ccc(N)cc1S(=O)(=O)NCC1(C2CC2)CC1. The Morgan fingerprint density at radius 2 is 2.05 bits per heavy atom. The summed E-state index contributed by atoms with van der Waals surface area (Å²) in [6, 6.07) is 5.01. The highest BCUT2D eigenvalue weighted by atomic mass is 32.2. The number of benzene rings is 1. The van der Waals surface area contributed by atoms with Crippen molar-refractivity contribution in [2.45, 2.75) is 37.5 Å². The Morgan fingerprint density at radius 3 is 2.63 bits per heavy atom. The van der Waals surface area contributed by atoms with Gasteiger partial charge in [0, 0.05) is 12.2 Å². The van der Waals surface area contributed by atoms with Crippen LogP contribution >= 0.6 is 0 Å². The van der Waals surface area contributed by atoms with Crippen LogP contribution in [0, 0.1) is 18.3 Å². The van der Waals surface area contributed by atoms with Crippen molar-refractivity contribution in [2.24, 2.45) is 11.3 Å². The summed E-state index contributed by atoms with van der Waals surface area (Å²) in [5, 5.41) is 0. The fourth-order valence-electron chi connectivity index (χ4n) is 2.81. The van der Waals surface area contributed by atoms with Crippen LogP contribution in [0.25, 0.3) is 0 Å². The molecule has 1 aromatic carbocycles. The molecule has 2 aliphatic carbocycles. The summed E-state index contributed by atoms with van der Waals surface area (Å²) in [4.78, 5) is 0.305. The lowest BCUT2D eigenvalue weighted by Gasteiger charge is -2.16. The van der Waals surface area contributed by atoms with Crippen LogP contribution in [0.4, 0.5) is 5.69 Å². The highest BCUT2D eigenvalue weighted by molar-refractivity contribution is 7.89. The van der Waals surface area contributed by atoms with Crippen LogP contribution < -0.4 is 10.5 Å². The van der Waals surface area contributed by atoms with Gasteiger partial charge in [-0.05, 0) is 61.6 Å². The zero-order valence-corrected chi connectivity index (χ0v) is 12.0. The second kappa shape index (κ2) is 4.21. The first-order chi connectivity index (χ1) is 8.93. The number of nitrogen functional groups attached to an aromatic ring is 1. The van der Waals surface area contributed by atoms with Crippen LogP contribution in [-0.2, 0) is 10.0 Å². The smallest absolute Gasteiger partial charge is 0.240 e. The predicted octanol–water partition coefficient (Wildman–Crippen LogP) is 2.05. The van der Waals surface area contributed by atoms with E-state index in [1.54, 1.807) is 19.1 Å². The molecule has 2 aliphatic rings. The normalized spacial score (nSPS) is 21.3. The molecule has 0 atom stereocenters. The largest absolute Gasteiger partial charge is 0.399 e. The molecule has 5 heteroatoms. The maximum absolute atomic E-state index is 12.4. The van der Waals surface area contributed by atoms with Gasteiger partial charge in [-0.3, -0.25) is 0 Å². The van der Waals surface area contributed by atoms with E-state index in [2.05, 4.69) is 4.72 Å². The van der Waals surface area contributed by atoms with Gasteiger partial charge in [0.25, 0.3) is 0 Å². The molecular formula is C14H20N2O2S. The molecule has 0 amide bonds. The van der Waals surface area contributed by atoms with Crippen molar-refractivity contribution in [1.29, 1.82) is 0 Å². The quantitative estimate of drug-likeness (QED) is 0.811. The number of nitrogens with two attached hydrogens (primary N) is 1. The Morgan fingerprint density at radius 1 is 1.37 bits per heavy atom. The minimum Gasteiger partial charge on any atom is -0.399 e. The van der Waals surface area contributed by atoms with Crippen LogP contribution in [-0.4, -0.2) is 15.0 Å². The fourth-order valence-corrected chi connectivity index (χ4v) is 4.22. The average Bonchev–Trinajstić information content (AvgIpc) is 3.22.